The van der Waals surface area contributed by atoms with Crippen LogP contribution in [0.2, 0.25) is 0 Å². The summed E-state index contributed by atoms with van der Waals surface area (Å²) >= 11 is 0. The fourth-order valence-electron chi connectivity index (χ4n) is 3.07. The van der Waals surface area contributed by atoms with Crippen LogP contribution < -0.4 is 19.5 Å². The SMILES string of the molecule is CC[C@@H](NC(=O)c1cc(OC)c(OC)c(OC)c1)c1ccc(C)cc1C. The lowest BCUT2D eigenvalue weighted by molar-refractivity contribution is 0.0934. The molecule has 0 radical (unpaired) electrons. The number of hydrogen-bond donors (Lipinski definition) is 1. The van der Waals surface area contributed by atoms with Crippen molar-refractivity contribution in [3.8, 4) is 17.2 Å². The average Bonchev–Trinajstić information content (AvgIpc) is 2.64. The highest BCUT2D eigenvalue weighted by Crippen LogP contribution is 2.38. The second-order valence-electron chi connectivity index (χ2n) is 6.21. The van der Waals surface area contributed by atoms with Crippen LogP contribution in [-0.4, -0.2) is 27.2 Å². The standard InChI is InChI=1S/C21H27NO4/c1-7-17(16-9-8-13(2)10-14(16)3)22-21(23)15-11-18(24-4)20(26-6)19(12-15)25-5/h8-12,17H,7H2,1-6H3,(H,22,23)/t17-/m1/s1. The molecule has 26 heavy (non-hydrogen) atoms. The van der Waals surface area contributed by atoms with Crippen LogP contribution >= 0.6 is 0 Å². The molecule has 140 valence electrons. The van der Waals surface area contributed by atoms with Crippen LogP contribution in [0.25, 0.3) is 0 Å². The van der Waals surface area contributed by atoms with E-state index in [1.807, 2.05) is 0 Å². The number of amides is 1. The van der Waals surface area contributed by atoms with Crippen LogP contribution in [0.3, 0.4) is 0 Å². The third-order valence-corrected chi connectivity index (χ3v) is 4.44. The summed E-state index contributed by atoms with van der Waals surface area (Å²) in [5, 5.41) is 3.11. The van der Waals surface area contributed by atoms with Crippen molar-refractivity contribution in [3.05, 3.63) is 52.6 Å². The minimum Gasteiger partial charge on any atom is -0.493 e. The molecule has 0 aliphatic heterocycles. The van der Waals surface area contributed by atoms with E-state index >= 15 is 0 Å². The van der Waals surface area contributed by atoms with Crippen LogP contribution in [0.1, 0.15) is 46.4 Å². The van der Waals surface area contributed by atoms with E-state index in [-0.39, 0.29) is 11.9 Å². The molecule has 0 saturated heterocycles. The van der Waals surface area contributed by atoms with Crippen LogP contribution in [0.4, 0.5) is 0 Å². The molecule has 2 rings (SSSR count). The van der Waals surface area contributed by atoms with Gasteiger partial charge in [-0.25, -0.2) is 0 Å². The van der Waals surface area contributed by atoms with Gasteiger partial charge in [-0.2, -0.15) is 0 Å². The first-order valence-electron chi connectivity index (χ1n) is 8.63. The molecule has 5 heteroatoms. The lowest BCUT2D eigenvalue weighted by Gasteiger charge is -2.21. The molecule has 1 atom stereocenters. The Morgan fingerprint density at radius 2 is 1.62 bits per heavy atom. The van der Waals surface area contributed by atoms with E-state index in [1.165, 1.54) is 32.5 Å². The smallest absolute Gasteiger partial charge is 0.252 e. The minimum atomic E-state index is -0.184. The van der Waals surface area contributed by atoms with Crippen molar-refractivity contribution in [2.45, 2.75) is 33.2 Å². The molecule has 0 unspecified atom stereocenters. The van der Waals surface area contributed by atoms with Crippen LogP contribution in [-0.2, 0) is 0 Å². The lowest BCUT2D eigenvalue weighted by Crippen LogP contribution is -2.28. The summed E-state index contributed by atoms with van der Waals surface area (Å²) in [7, 11) is 4.60. The van der Waals surface area contributed by atoms with Gasteiger partial charge in [-0.3, -0.25) is 4.79 Å². The maximum absolute atomic E-state index is 12.8. The Morgan fingerprint density at radius 3 is 2.08 bits per heavy atom. The number of carbonyl (C=O) groups excluding carboxylic acids is 1. The summed E-state index contributed by atoms with van der Waals surface area (Å²) in [6.45, 7) is 6.18. The Labute approximate surface area is 155 Å². The second-order valence-corrected chi connectivity index (χ2v) is 6.21. The molecule has 0 aromatic heterocycles. The first kappa shape index (κ1) is 19.6. The Balaban J connectivity index is 2.33. The van der Waals surface area contributed by atoms with Crippen molar-refractivity contribution < 1.29 is 19.0 Å². The van der Waals surface area contributed by atoms with Gasteiger partial charge in [-0.05, 0) is 43.5 Å². The number of methoxy groups -OCH3 is 3. The predicted octanol–water partition coefficient (Wildman–Crippen LogP) is 4.21. The van der Waals surface area contributed by atoms with Gasteiger partial charge in [0.25, 0.3) is 5.91 Å². The third-order valence-electron chi connectivity index (χ3n) is 4.44. The highest BCUT2D eigenvalue weighted by atomic mass is 16.5. The molecule has 1 N–H and O–H groups in total. The summed E-state index contributed by atoms with van der Waals surface area (Å²) in [6, 6.07) is 9.52. The van der Waals surface area contributed by atoms with Gasteiger partial charge in [0.05, 0.1) is 27.4 Å². The second kappa shape index (κ2) is 8.61. The van der Waals surface area contributed by atoms with Crippen molar-refractivity contribution in [1.29, 1.82) is 0 Å². The molecule has 5 nitrogen and oxygen atoms in total. The van der Waals surface area contributed by atoms with Gasteiger partial charge in [-0.15, -0.1) is 0 Å². The molecule has 0 bridgehead atoms. The molecule has 0 spiro atoms. The Morgan fingerprint density at radius 1 is 1.00 bits per heavy atom. The normalized spacial score (nSPS) is 11.6. The number of nitrogens with one attached hydrogen (secondary N) is 1. The highest BCUT2D eigenvalue weighted by molar-refractivity contribution is 5.96. The molecule has 0 saturated carbocycles. The maximum atomic E-state index is 12.8. The quantitative estimate of drug-likeness (QED) is 0.806. The van der Waals surface area contributed by atoms with E-state index in [4.69, 9.17) is 14.2 Å². The van der Waals surface area contributed by atoms with Crippen molar-refractivity contribution in [1.82, 2.24) is 5.32 Å². The fourth-order valence-corrected chi connectivity index (χ4v) is 3.07. The van der Waals surface area contributed by atoms with Gasteiger partial charge in [0.2, 0.25) is 5.75 Å². The highest BCUT2D eigenvalue weighted by Gasteiger charge is 2.20. The van der Waals surface area contributed by atoms with Gasteiger partial charge < -0.3 is 19.5 Å². The van der Waals surface area contributed by atoms with E-state index in [0.717, 1.165) is 12.0 Å². The number of ether oxygens (including phenoxy) is 3. The summed E-state index contributed by atoms with van der Waals surface area (Å²) in [5.41, 5.74) is 3.96. The Bertz CT molecular complexity index is 761. The number of benzene rings is 2. The molecule has 0 fully saturated rings. The summed E-state index contributed by atoms with van der Waals surface area (Å²) in [4.78, 5) is 12.8. The van der Waals surface area contributed by atoms with Crippen LogP contribution in [0.5, 0.6) is 17.2 Å². The zero-order valence-electron chi connectivity index (χ0n) is 16.3. The molecule has 0 aliphatic rings. The fraction of sp³-hybridized carbons (Fsp3) is 0.381. The first-order chi connectivity index (χ1) is 12.4. The molecule has 2 aromatic carbocycles. The van der Waals surface area contributed by atoms with Crippen LogP contribution in [0.15, 0.2) is 30.3 Å². The Kier molecular flexibility index (Phi) is 6.50. The molecule has 2 aromatic rings. The van der Waals surface area contributed by atoms with Crippen molar-refractivity contribution in [3.63, 3.8) is 0 Å². The van der Waals surface area contributed by atoms with Gasteiger partial charge >= 0.3 is 0 Å². The number of rotatable bonds is 7. The zero-order valence-corrected chi connectivity index (χ0v) is 16.3. The zero-order chi connectivity index (χ0) is 19.3. The lowest BCUT2D eigenvalue weighted by atomic mass is 9.97. The van der Waals surface area contributed by atoms with Gasteiger partial charge in [0.1, 0.15) is 0 Å². The first-order valence-corrected chi connectivity index (χ1v) is 8.63. The van der Waals surface area contributed by atoms with Crippen LogP contribution in [0, 0.1) is 13.8 Å². The van der Waals surface area contributed by atoms with Crippen molar-refractivity contribution >= 4 is 5.91 Å². The average molecular weight is 357 g/mol. The van der Waals surface area contributed by atoms with E-state index in [2.05, 4.69) is 44.3 Å². The van der Waals surface area contributed by atoms with Crippen molar-refractivity contribution in [2.75, 3.05) is 21.3 Å². The van der Waals surface area contributed by atoms with E-state index in [0.29, 0.717) is 22.8 Å². The third kappa shape index (κ3) is 4.10. The topological polar surface area (TPSA) is 56.8 Å². The summed E-state index contributed by atoms with van der Waals surface area (Å²) in [6.07, 6.45) is 0.792. The van der Waals surface area contributed by atoms with Crippen molar-refractivity contribution in [2.24, 2.45) is 0 Å². The predicted molar refractivity (Wildman–Crippen MR) is 103 cm³/mol. The molecular formula is C21H27NO4. The van der Waals surface area contributed by atoms with Gasteiger partial charge in [0.15, 0.2) is 11.5 Å². The van der Waals surface area contributed by atoms with E-state index in [9.17, 15) is 4.79 Å². The largest absolute Gasteiger partial charge is 0.493 e. The summed E-state index contributed by atoms with van der Waals surface area (Å²) < 4.78 is 16.0. The number of carbonyl (C=O) groups is 1. The molecule has 0 aliphatic carbocycles. The van der Waals surface area contributed by atoms with E-state index in [1.54, 1.807) is 12.1 Å². The maximum Gasteiger partial charge on any atom is 0.252 e. The van der Waals surface area contributed by atoms with E-state index < -0.39 is 0 Å². The number of hydrogen-bond acceptors (Lipinski definition) is 4. The Hall–Kier alpha value is -2.69. The van der Waals surface area contributed by atoms with Gasteiger partial charge in [0, 0.05) is 5.56 Å². The molecular weight excluding hydrogens is 330 g/mol. The molecule has 1 amide bonds. The summed E-state index contributed by atoms with van der Waals surface area (Å²) in [5.74, 6) is 1.19. The van der Waals surface area contributed by atoms with Gasteiger partial charge in [-0.1, -0.05) is 30.7 Å². The number of aryl methyl sites for hydroxylation is 2. The minimum absolute atomic E-state index is 0.0674. The monoisotopic (exact) mass is 357 g/mol. The molecule has 0 heterocycles.